The summed E-state index contributed by atoms with van der Waals surface area (Å²) in [6.07, 6.45) is 1.15. The molecule has 2 aromatic carbocycles. The summed E-state index contributed by atoms with van der Waals surface area (Å²) in [4.78, 5) is 18.3. The Labute approximate surface area is 106 Å². The van der Waals surface area contributed by atoms with Crippen LogP contribution < -0.4 is 5.32 Å². The third-order valence-corrected chi connectivity index (χ3v) is 2.03. The minimum absolute atomic E-state index is 0.0278. The van der Waals surface area contributed by atoms with Crippen LogP contribution in [-0.2, 0) is 9.59 Å². The Morgan fingerprint density at radius 2 is 1.11 bits per heavy atom. The van der Waals surface area contributed by atoms with Crippen LogP contribution in [0, 0.1) is 0 Å². The maximum Gasteiger partial charge on any atom is 0.127 e. The molecular weight excluding hydrogens is 226 g/mol. The van der Waals surface area contributed by atoms with E-state index in [4.69, 9.17) is 0 Å². The van der Waals surface area contributed by atoms with Crippen LogP contribution in [0.4, 0.5) is 11.4 Å². The molecule has 0 unspecified atom stereocenters. The maximum atomic E-state index is 9.17. The van der Waals surface area contributed by atoms with Crippen LogP contribution in [0.2, 0.25) is 0 Å². The fourth-order valence-electron chi connectivity index (χ4n) is 1.25. The predicted octanol–water partition coefficient (Wildman–Crippen LogP) is 3.20. The van der Waals surface area contributed by atoms with Crippen molar-refractivity contribution in [3.63, 3.8) is 0 Å². The lowest BCUT2D eigenvalue weighted by atomic mass is 10.3. The van der Waals surface area contributed by atoms with Gasteiger partial charge in [-0.15, -0.1) is 0 Å². The lowest BCUT2D eigenvalue weighted by molar-refractivity contribution is -0.114. The zero-order valence-electron chi connectivity index (χ0n) is 9.95. The zero-order chi connectivity index (χ0) is 13.1. The Balaban J connectivity index is 0.000000280. The second-order valence-corrected chi connectivity index (χ2v) is 3.43. The predicted molar refractivity (Wildman–Crippen MR) is 72.9 cm³/mol. The lowest BCUT2D eigenvalue weighted by Gasteiger charge is -2.04. The molecule has 0 bridgehead atoms. The van der Waals surface area contributed by atoms with Gasteiger partial charge in [-0.2, -0.15) is 0 Å². The van der Waals surface area contributed by atoms with Crippen molar-refractivity contribution in [3.8, 4) is 0 Å². The molecule has 0 amide bonds. The molecule has 0 aliphatic heterocycles. The van der Waals surface area contributed by atoms with Gasteiger partial charge in [0.2, 0.25) is 0 Å². The molecule has 1 N–H and O–H groups in total. The van der Waals surface area contributed by atoms with E-state index in [-0.39, 0.29) is 6.42 Å². The molecule has 0 fully saturated rings. The van der Waals surface area contributed by atoms with E-state index in [1.165, 1.54) is 0 Å². The normalized spacial score (nSPS) is 8.67. The van der Waals surface area contributed by atoms with Crippen molar-refractivity contribution in [1.82, 2.24) is 0 Å². The van der Waals surface area contributed by atoms with Crippen molar-refractivity contribution in [3.05, 3.63) is 60.7 Å². The first-order valence-corrected chi connectivity index (χ1v) is 5.61. The van der Waals surface area contributed by atoms with Gasteiger partial charge in [0.05, 0.1) is 6.42 Å². The highest BCUT2D eigenvalue weighted by Gasteiger charge is 1.89. The first kappa shape index (κ1) is 13.6. The molecule has 2 aromatic rings. The number of carbonyl (C=O) groups is 2. The van der Waals surface area contributed by atoms with Crippen molar-refractivity contribution in [2.45, 2.75) is 6.42 Å². The van der Waals surface area contributed by atoms with Gasteiger partial charge < -0.3 is 14.9 Å². The van der Waals surface area contributed by atoms with E-state index in [0.717, 1.165) is 11.4 Å². The van der Waals surface area contributed by atoms with Gasteiger partial charge in [0.1, 0.15) is 12.6 Å². The van der Waals surface area contributed by atoms with Crippen LogP contribution in [0.25, 0.3) is 0 Å². The smallest absolute Gasteiger partial charge is 0.127 e. The van der Waals surface area contributed by atoms with Gasteiger partial charge in [-0.05, 0) is 24.3 Å². The molecule has 3 nitrogen and oxygen atoms in total. The van der Waals surface area contributed by atoms with E-state index < -0.39 is 0 Å². The van der Waals surface area contributed by atoms with E-state index in [1.54, 1.807) is 0 Å². The van der Waals surface area contributed by atoms with E-state index >= 15 is 0 Å². The molecule has 0 radical (unpaired) electrons. The van der Waals surface area contributed by atoms with Gasteiger partial charge in [-0.3, -0.25) is 0 Å². The van der Waals surface area contributed by atoms with Crippen LogP contribution in [0.3, 0.4) is 0 Å². The first-order chi connectivity index (χ1) is 8.86. The third-order valence-electron chi connectivity index (χ3n) is 2.03. The molecule has 0 atom stereocenters. The Kier molecular flexibility index (Phi) is 6.59. The minimum Gasteiger partial charge on any atom is -0.356 e. The molecule has 0 saturated heterocycles. The van der Waals surface area contributed by atoms with Crippen LogP contribution in [0.15, 0.2) is 60.7 Å². The summed E-state index contributed by atoms with van der Waals surface area (Å²) < 4.78 is 0. The molecule has 0 aliphatic carbocycles. The quantitative estimate of drug-likeness (QED) is 0.660. The van der Waals surface area contributed by atoms with E-state index in [2.05, 4.69) is 5.32 Å². The van der Waals surface area contributed by atoms with Crippen LogP contribution in [0.5, 0.6) is 0 Å². The number of carbonyl (C=O) groups excluding carboxylic acids is 2. The first-order valence-electron chi connectivity index (χ1n) is 5.61. The summed E-state index contributed by atoms with van der Waals surface area (Å²) in [5, 5.41) is 3.30. The molecule has 18 heavy (non-hydrogen) atoms. The molecule has 0 aromatic heterocycles. The molecule has 0 spiro atoms. The zero-order valence-corrected chi connectivity index (χ0v) is 9.95. The number of nitrogens with one attached hydrogen (secondary N) is 1. The third kappa shape index (κ3) is 5.61. The largest absolute Gasteiger partial charge is 0.356 e. The fraction of sp³-hybridized carbons (Fsp3) is 0.0667. The highest BCUT2D eigenvalue weighted by Crippen LogP contribution is 2.14. The highest BCUT2D eigenvalue weighted by atomic mass is 16.1. The second kappa shape index (κ2) is 8.70. The van der Waals surface area contributed by atoms with Crippen molar-refractivity contribution < 1.29 is 9.59 Å². The minimum atomic E-state index is 0.0278. The summed E-state index contributed by atoms with van der Waals surface area (Å²) in [6, 6.07) is 20.3. The second-order valence-electron chi connectivity index (χ2n) is 3.43. The van der Waals surface area contributed by atoms with Crippen molar-refractivity contribution >= 4 is 23.9 Å². The number of benzene rings is 2. The van der Waals surface area contributed by atoms with Crippen molar-refractivity contribution in [2.24, 2.45) is 0 Å². The average molecular weight is 241 g/mol. The number of para-hydroxylation sites is 2. The number of hydrogen-bond acceptors (Lipinski definition) is 3. The molecule has 0 heterocycles. The molecule has 0 aliphatic rings. The van der Waals surface area contributed by atoms with E-state index in [0.29, 0.717) is 12.6 Å². The SMILES string of the molecule is O=CCC=O.c1ccc(Nc2ccccc2)cc1. The van der Waals surface area contributed by atoms with Gasteiger partial charge in [0, 0.05) is 11.4 Å². The monoisotopic (exact) mass is 241 g/mol. The number of aldehydes is 2. The van der Waals surface area contributed by atoms with Crippen molar-refractivity contribution in [1.29, 1.82) is 0 Å². The lowest BCUT2D eigenvalue weighted by Crippen LogP contribution is -1.87. The fourth-order valence-corrected chi connectivity index (χ4v) is 1.25. The topological polar surface area (TPSA) is 46.2 Å². The summed E-state index contributed by atoms with van der Waals surface area (Å²) in [6.45, 7) is 0. The van der Waals surface area contributed by atoms with Crippen molar-refractivity contribution in [2.75, 3.05) is 5.32 Å². The van der Waals surface area contributed by atoms with Gasteiger partial charge in [-0.25, -0.2) is 0 Å². The Hall–Kier alpha value is -2.42. The number of rotatable bonds is 4. The molecule has 2 rings (SSSR count). The van der Waals surface area contributed by atoms with Gasteiger partial charge in [0.25, 0.3) is 0 Å². The van der Waals surface area contributed by atoms with Gasteiger partial charge >= 0.3 is 0 Å². The number of hydrogen-bond donors (Lipinski definition) is 1. The highest BCUT2D eigenvalue weighted by molar-refractivity contribution is 5.72. The summed E-state index contributed by atoms with van der Waals surface area (Å²) >= 11 is 0. The van der Waals surface area contributed by atoms with Gasteiger partial charge in [-0.1, -0.05) is 36.4 Å². The Bertz CT molecular complexity index is 411. The standard InChI is InChI=1S/C12H11N.C3H4O2/c1-3-7-11(8-4-1)13-12-9-5-2-6-10-12;4-2-1-3-5/h1-10,13H;2-3H,1H2. The molecule has 3 heteroatoms. The van der Waals surface area contributed by atoms with Crippen LogP contribution >= 0.6 is 0 Å². The molecule has 0 saturated carbocycles. The Morgan fingerprint density at radius 3 is 1.39 bits per heavy atom. The average Bonchev–Trinajstić information content (AvgIpc) is 2.43. The Morgan fingerprint density at radius 1 is 0.722 bits per heavy atom. The summed E-state index contributed by atoms with van der Waals surface area (Å²) in [5.41, 5.74) is 2.24. The van der Waals surface area contributed by atoms with Crippen LogP contribution in [-0.4, -0.2) is 12.6 Å². The van der Waals surface area contributed by atoms with Gasteiger partial charge in [0.15, 0.2) is 0 Å². The van der Waals surface area contributed by atoms with Crippen LogP contribution in [0.1, 0.15) is 6.42 Å². The summed E-state index contributed by atoms with van der Waals surface area (Å²) in [5.74, 6) is 0. The molecule has 92 valence electrons. The summed E-state index contributed by atoms with van der Waals surface area (Å²) in [7, 11) is 0. The van der Waals surface area contributed by atoms with E-state index in [9.17, 15) is 9.59 Å². The van der Waals surface area contributed by atoms with E-state index in [1.807, 2.05) is 60.7 Å². The number of anilines is 2. The molecular formula is C15H15NO2. The maximum absolute atomic E-state index is 9.17.